The molecule has 3 aliphatic heterocycles. The molecule has 0 aromatic rings. The van der Waals surface area contributed by atoms with Crippen LogP contribution in [-0.2, 0) is 33.3 Å². The lowest BCUT2D eigenvalue weighted by atomic mass is 10.1. The number of carbonyl (C=O) groups is 2. The van der Waals surface area contributed by atoms with Crippen LogP contribution in [0.5, 0.6) is 0 Å². The molecule has 0 aromatic carbocycles. The predicted octanol–water partition coefficient (Wildman–Crippen LogP) is 1.53. The first kappa shape index (κ1) is 16.5. The molecule has 0 spiro atoms. The molecule has 4 aliphatic rings. The fraction of sp³-hybridized carbons (Fsp3) is 0.556. The van der Waals surface area contributed by atoms with Gasteiger partial charge in [-0.05, 0) is 38.3 Å². The summed E-state index contributed by atoms with van der Waals surface area (Å²) in [5.74, 6) is -2.04. The van der Waals surface area contributed by atoms with E-state index in [1.165, 1.54) is 6.08 Å². The summed E-state index contributed by atoms with van der Waals surface area (Å²) >= 11 is 0. The van der Waals surface area contributed by atoms with Crippen molar-refractivity contribution in [3.8, 4) is 0 Å². The van der Waals surface area contributed by atoms with E-state index in [0.29, 0.717) is 0 Å². The van der Waals surface area contributed by atoms with Crippen molar-refractivity contribution >= 4 is 11.9 Å². The summed E-state index contributed by atoms with van der Waals surface area (Å²) in [5, 5.41) is 0. The quantitative estimate of drug-likeness (QED) is 0.565. The Labute approximate surface area is 145 Å². The third kappa shape index (κ3) is 3.15. The van der Waals surface area contributed by atoms with Gasteiger partial charge in [0.1, 0.15) is 6.10 Å². The number of fused-ring (bicyclic) bond motifs is 3. The maximum Gasteiger partial charge on any atom is 0.350 e. The molecule has 3 fully saturated rings. The van der Waals surface area contributed by atoms with Crippen LogP contribution in [0.3, 0.4) is 0 Å². The van der Waals surface area contributed by atoms with Crippen LogP contribution in [0.1, 0.15) is 26.7 Å². The average Bonchev–Trinajstić information content (AvgIpc) is 3.14. The molecular weight excluding hydrogens is 328 g/mol. The Kier molecular flexibility index (Phi) is 4.02. The van der Waals surface area contributed by atoms with E-state index in [9.17, 15) is 9.59 Å². The zero-order valence-corrected chi connectivity index (χ0v) is 14.0. The van der Waals surface area contributed by atoms with Crippen molar-refractivity contribution in [3.05, 3.63) is 36.0 Å². The number of rotatable bonds is 3. The van der Waals surface area contributed by atoms with Crippen LogP contribution in [0.2, 0.25) is 0 Å². The van der Waals surface area contributed by atoms with E-state index in [0.717, 1.165) is 18.4 Å². The van der Waals surface area contributed by atoms with Crippen molar-refractivity contribution in [3.63, 3.8) is 0 Å². The largest absolute Gasteiger partial charge is 0.454 e. The molecule has 7 nitrogen and oxygen atoms in total. The lowest BCUT2D eigenvalue weighted by molar-refractivity contribution is -0.216. The van der Waals surface area contributed by atoms with Crippen LogP contribution >= 0.6 is 0 Å². The van der Waals surface area contributed by atoms with Gasteiger partial charge in [0.15, 0.2) is 24.3 Å². The molecule has 3 saturated heterocycles. The smallest absolute Gasteiger partial charge is 0.350 e. The minimum absolute atomic E-state index is 0.513. The number of esters is 2. The van der Waals surface area contributed by atoms with E-state index < -0.39 is 48.4 Å². The van der Waals surface area contributed by atoms with Crippen molar-refractivity contribution in [1.82, 2.24) is 0 Å². The van der Waals surface area contributed by atoms with Crippen molar-refractivity contribution in [2.75, 3.05) is 0 Å². The van der Waals surface area contributed by atoms with Crippen LogP contribution in [0.25, 0.3) is 0 Å². The highest BCUT2D eigenvalue weighted by molar-refractivity contribution is 5.87. The van der Waals surface area contributed by atoms with Gasteiger partial charge in [-0.1, -0.05) is 18.2 Å². The molecule has 4 rings (SSSR count). The third-order valence-corrected chi connectivity index (χ3v) is 4.49. The fourth-order valence-electron chi connectivity index (χ4n) is 3.42. The highest BCUT2D eigenvalue weighted by Crippen LogP contribution is 2.42. The molecule has 0 saturated carbocycles. The first-order valence-electron chi connectivity index (χ1n) is 8.40. The number of allylic oxidation sites excluding steroid dienone is 5. The van der Waals surface area contributed by atoms with Gasteiger partial charge in [-0.2, -0.15) is 0 Å². The summed E-state index contributed by atoms with van der Waals surface area (Å²) in [6.07, 6.45) is 7.30. The summed E-state index contributed by atoms with van der Waals surface area (Å²) in [4.78, 5) is 24.1. The molecule has 1 aliphatic carbocycles. The SMILES string of the molecule is CC1(C)OC2OC3C(OC(=O)/C=C/C4=CCCC=C4)C(=O)OC3C2O1. The second-order valence-electron chi connectivity index (χ2n) is 6.85. The Morgan fingerprint density at radius 2 is 2.08 bits per heavy atom. The molecule has 25 heavy (non-hydrogen) atoms. The van der Waals surface area contributed by atoms with Crippen LogP contribution in [0.15, 0.2) is 36.0 Å². The zero-order valence-electron chi connectivity index (χ0n) is 14.0. The fourth-order valence-corrected chi connectivity index (χ4v) is 3.42. The molecule has 0 N–H and O–H groups in total. The van der Waals surface area contributed by atoms with Crippen LogP contribution in [0.4, 0.5) is 0 Å². The van der Waals surface area contributed by atoms with Crippen molar-refractivity contribution in [2.24, 2.45) is 0 Å². The van der Waals surface area contributed by atoms with E-state index in [-0.39, 0.29) is 0 Å². The number of hydrogen-bond donors (Lipinski definition) is 0. The topological polar surface area (TPSA) is 80.3 Å². The molecule has 0 aromatic heterocycles. The van der Waals surface area contributed by atoms with Gasteiger partial charge in [-0.25, -0.2) is 9.59 Å². The molecule has 0 radical (unpaired) electrons. The first-order chi connectivity index (χ1) is 11.9. The summed E-state index contributed by atoms with van der Waals surface area (Å²) < 4.78 is 27.6. The molecule has 3 heterocycles. The Hall–Kier alpha value is -1.96. The monoisotopic (exact) mass is 348 g/mol. The van der Waals surface area contributed by atoms with Gasteiger partial charge in [0.2, 0.25) is 6.10 Å². The lowest BCUT2D eigenvalue weighted by Crippen LogP contribution is -2.37. The van der Waals surface area contributed by atoms with Crippen molar-refractivity contribution in [1.29, 1.82) is 0 Å². The standard InChI is InChI=1S/C18H20O7/c1-18(2)24-15-13-12(23-17(15)25-18)14(16(20)22-13)21-11(19)9-8-10-6-4-3-5-7-10/h4,6-9,12-15,17H,3,5H2,1-2H3/b9-8+. The second-order valence-corrected chi connectivity index (χ2v) is 6.85. The number of hydrogen-bond acceptors (Lipinski definition) is 7. The summed E-state index contributed by atoms with van der Waals surface area (Å²) in [5.41, 5.74) is 0.936. The van der Waals surface area contributed by atoms with E-state index in [1.54, 1.807) is 19.9 Å². The van der Waals surface area contributed by atoms with Gasteiger partial charge in [0, 0.05) is 6.08 Å². The predicted molar refractivity (Wildman–Crippen MR) is 84.1 cm³/mol. The Bertz CT molecular complexity index is 675. The Morgan fingerprint density at radius 1 is 1.24 bits per heavy atom. The van der Waals surface area contributed by atoms with E-state index in [2.05, 4.69) is 0 Å². The molecule has 5 atom stereocenters. The lowest BCUT2D eigenvalue weighted by Gasteiger charge is -2.21. The van der Waals surface area contributed by atoms with E-state index in [4.69, 9.17) is 23.7 Å². The Balaban J connectivity index is 1.39. The maximum absolute atomic E-state index is 12.1. The van der Waals surface area contributed by atoms with Gasteiger partial charge < -0.3 is 23.7 Å². The van der Waals surface area contributed by atoms with Gasteiger partial charge in [-0.3, -0.25) is 0 Å². The van der Waals surface area contributed by atoms with Gasteiger partial charge >= 0.3 is 11.9 Å². The molecule has 0 bridgehead atoms. The minimum Gasteiger partial charge on any atom is -0.454 e. The normalized spacial score (nSPS) is 38.4. The number of ether oxygens (including phenoxy) is 5. The summed E-state index contributed by atoms with van der Waals surface area (Å²) in [6.45, 7) is 3.52. The maximum atomic E-state index is 12.1. The minimum atomic E-state index is -1.11. The third-order valence-electron chi connectivity index (χ3n) is 4.49. The summed E-state index contributed by atoms with van der Waals surface area (Å²) in [7, 11) is 0. The van der Waals surface area contributed by atoms with Crippen molar-refractivity contribution in [2.45, 2.75) is 63.2 Å². The van der Waals surface area contributed by atoms with Crippen LogP contribution in [0, 0.1) is 0 Å². The highest BCUT2D eigenvalue weighted by Gasteiger charge is 2.64. The summed E-state index contributed by atoms with van der Waals surface area (Å²) in [6, 6.07) is 0. The molecular formula is C18H20O7. The van der Waals surface area contributed by atoms with Gasteiger partial charge in [0.05, 0.1) is 0 Å². The molecule has 0 amide bonds. The zero-order chi connectivity index (χ0) is 17.6. The van der Waals surface area contributed by atoms with Crippen LogP contribution in [-0.4, -0.2) is 48.4 Å². The molecule has 7 heteroatoms. The second kappa shape index (κ2) is 6.09. The van der Waals surface area contributed by atoms with Gasteiger partial charge in [0.25, 0.3) is 0 Å². The van der Waals surface area contributed by atoms with Crippen molar-refractivity contribution < 1.29 is 33.3 Å². The molecule has 134 valence electrons. The number of carbonyl (C=O) groups excluding carboxylic acids is 2. The van der Waals surface area contributed by atoms with Gasteiger partial charge in [-0.15, -0.1) is 0 Å². The Morgan fingerprint density at radius 3 is 2.84 bits per heavy atom. The van der Waals surface area contributed by atoms with E-state index >= 15 is 0 Å². The average molecular weight is 348 g/mol. The first-order valence-corrected chi connectivity index (χ1v) is 8.40. The van der Waals surface area contributed by atoms with Crippen LogP contribution < -0.4 is 0 Å². The van der Waals surface area contributed by atoms with E-state index in [1.807, 2.05) is 18.2 Å². The highest BCUT2D eigenvalue weighted by atomic mass is 16.8. The molecule has 5 unspecified atom stereocenters.